The second-order valence-electron chi connectivity index (χ2n) is 21.4. The molecule has 0 N–H and O–H groups in total. The molecule has 0 fully saturated rings. The summed E-state index contributed by atoms with van der Waals surface area (Å²) in [5.41, 5.74) is 13.8. The van der Waals surface area contributed by atoms with Crippen molar-refractivity contribution in [1.29, 1.82) is 0 Å². The van der Waals surface area contributed by atoms with Gasteiger partial charge in [0.05, 0.1) is 44.5 Å². The van der Waals surface area contributed by atoms with Crippen molar-refractivity contribution in [3.05, 3.63) is 187 Å². The zero-order valence-corrected chi connectivity index (χ0v) is 40.2. The van der Waals surface area contributed by atoms with Crippen LogP contribution in [0.3, 0.4) is 0 Å². The first-order valence-corrected chi connectivity index (χ1v) is 23.7. The largest absolute Gasteiger partial charge is 0.458 e. The minimum atomic E-state index is -0.0881. The molecule has 0 aliphatic heterocycles. The molecule has 7 nitrogen and oxygen atoms in total. The maximum absolute atomic E-state index is 6.89. The highest BCUT2D eigenvalue weighted by Gasteiger charge is 2.29. The molecule has 68 heavy (non-hydrogen) atoms. The van der Waals surface area contributed by atoms with Gasteiger partial charge in [-0.2, -0.15) is 0 Å². The fraction of sp³-hybridized carbons (Fsp3) is 0.197. The van der Waals surface area contributed by atoms with Crippen LogP contribution in [-0.2, 0) is 16.2 Å². The van der Waals surface area contributed by atoms with E-state index in [1.165, 1.54) is 33.2 Å². The fourth-order valence-electron chi connectivity index (χ4n) is 10.4. The van der Waals surface area contributed by atoms with Crippen molar-refractivity contribution in [2.24, 2.45) is 0 Å². The minimum Gasteiger partial charge on any atom is -0.458 e. The van der Waals surface area contributed by atoms with E-state index in [4.69, 9.17) is 14.7 Å². The molecule has 0 bridgehead atoms. The van der Waals surface area contributed by atoms with E-state index in [1.807, 2.05) is 12.3 Å². The van der Waals surface area contributed by atoms with E-state index in [1.54, 1.807) is 0 Å². The highest BCUT2D eigenvalue weighted by molar-refractivity contribution is 6.20. The van der Waals surface area contributed by atoms with Crippen LogP contribution < -0.4 is 9.30 Å². The van der Waals surface area contributed by atoms with E-state index in [-0.39, 0.29) is 16.2 Å². The summed E-state index contributed by atoms with van der Waals surface area (Å²) in [4.78, 5) is 10.6. The Morgan fingerprint density at radius 3 is 1.91 bits per heavy atom. The van der Waals surface area contributed by atoms with E-state index in [0.717, 1.165) is 83.4 Å². The van der Waals surface area contributed by atoms with E-state index >= 15 is 0 Å². The van der Waals surface area contributed by atoms with Gasteiger partial charge in [-0.25, -0.2) is 9.97 Å². The lowest BCUT2D eigenvalue weighted by Gasteiger charge is -2.30. The minimum absolute atomic E-state index is 0.0847. The maximum Gasteiger partial charge on any atom is 0.269 e. The summed E-state index contributed by atoms with van der Waals surface area (Å²) < 4.78 is 15.9. The molecule has 0 spiro atoms. The molecule has 0 unspecified atom stereocenters. The number of aromatic nitrogens is 6. The Kier molecular flexibility index (Phi) is 9.10. The molecule has 5 aromatic heterocycles. The highest BCUT2D eigenvalue weighted by atomic mass is 16.5. The van der Waals surface area contributed by atoms with Crippen molar-refractivity contribution in [2.45, 2.75) is 78.6 Å². The van der Waals surface area contributed by atoms with Crippen LogP contribution in [-0.4, -0.2) is 23.5 Å². The van der Waals surface area contributed by atoms with Crippen molar-refractivity contribution in [2.75, 3.05) is 0 Å². The molecule has 0 atom stereocenters. The third kappa shape index (κ3) is 6.50. The number of fused-ring (bicyclic) bond motifs is 13. The second kappa shape index (κ2) is 14.9. The molecule has 0 radical (unpaired) electrons. The average molecular weight is 887 g/mol. The summed E-state index contributed by atoms with van der Waals surface area (Å²) in [5.74, 6) is 2.28. The smallest absolute Gasteiger partial charge is 0.269 e. The van der Waals surface area contributed by atoms with Gasteiger partial charge in [0.1, 0.15) is 28.5 Å². The Labute approximate surface area is 396 Å². The number of ether oxygens (including phenoxy) is 1. The van der Waals surface area contributed by atoms with Gasteiger partial charge in [0.25, 0.3) is 6.33 Å². The number of rotatable bonds is 5. The molecule has 12 aromatic rings. The molecule has 0 aliphatic carbocycles. The summed E-state index contributed by atoms with van der Waals surface area (Å²) in [6.45, 7) is 20.5. The van der Waals surface area contributed by atoms with Crippen molar-refractivity contribution in [3.8, 4) is 28.7 Å². The first kappa shape index (κ1) is 41.6. The molecule has 7 heteroatoms. The number of nitrogens with zero attached hydrogens (tertiary/aromatic N) is 6. The van der Waals surface area contributed by atoms with Crippen molar-refractivity contribution < 1.29 is 9.30 Å². The zero-order valence-electron chi connectivity index (χ0n) is 40.2. The first-order valence-electron chi connectivity index (χ1n) is 23.7. The van der Waals surface area contributed by atoms with Crippen LogP contribution in [0.15, 0.2) is 164 Å². The van der Waals surface area contributed by atoms with Crippen molar-refractivity contribution >= 4 is 71.2 Å². The monoisotopic (exact) mass is 886 g/mol. The molecular weight excluding hydrogens is 833 g/mol. The standard InChI is InChI=1S/C61H54N6O/c1-59(2,3)38-32-33-62-54(34-38)67-53-36-41(28-29-44(53)45-30-31-52-55(56(45)67)63-58-46-22-11-10-20-42(46)43-21-12-13-25-49(43)66(52)58)68-40-19-16-18-39(35-40)64-37-65(51-27-15-14-26-50(51)64)57-47(60(4,5)6)23-17-24-48(57)61(7,8)9/h10-36H,1-9H3. The third-order valence-electron chi connectivity index (χ3n) is 13.7. The molecular formula is C61H54N6O. The van der Waals surface area contributed by atoms with Gasteiger partial charge in [0.15, 0.2) is 0 Å². The van der Waals surface area contributed by atoms with Crippen LogP contribution in [0.25, 0.3) is 88.4 Å². The van der Waals surface area contributed by atoms with Crippen LogP contribution >= 0.6 is 0 Å². The summed E-state index contributed by atoms with van der Waals surface area (Å²) in [5, 5.41) is 5.71. The lowest BCUT2D eigenvalue weighted by molar-refractivity contribution is -0.574. The van der Waals surface area contributed by atoms with Gasteiger partial charge in [-0.3, -0.25) is 18.1 Å². The van der Waals surface area contributed by atoms with Crippen LogP contribution in [0, 0.1) is 6.33 Å². The molecule has 5 heterocycles. The van der Waals surface area contributed by atoms with Gasteiger partial charge < -0.3 is 4.74 Å². The maximum atomic E-state index is 6.89. The number of para-hydroxylation sites is 4. The quantitative estimate of drug-likeness (QED) is 0.0983. The van der Waals surface area contributed by atoms with Gasteiger partial charge in [0.2, 0.25) is 0 Å². The Morgan fingerprint density at radius 1 is 0.515 bits per heavy atom. The van der Waals surface area contributed by atoms with Crippen molar-refractivity contribution in [1.82, 2.24) is 23.5 Å². The Bertz CT molecular complexity index is 3980. The van der Waals surface area contributed by atoms with E-state index in [0.29, 0.717) is 0 Å². The van der Waals surface area contributed by atoms with Crippen LogP contribution in [0.2, 0.25) is 0 Å². The average Bonchev–Trinajstić information content (AvgIpc) is 4.01. The second-order valence-corrected chi connectivity index (χ2v) is 21.4. The van der Waals surface area contributed by atoms with Crippen molar-refractivity contribution in [3.63, 3.8) is 0 Å². The Hall–Kier alpha value is -7.77. The van der Waals surface area contributed by atoms with Gasteiger partial charge >= 0.3 is 0 Å². The topological polar surface area (TPSA) is 53.2 Å². The molecule has 12 rings (SSSR count). The molecule has 0 amide bonds. The van der Waals surface area contributed by atoms with Gasteiger partial charge in [-0.1, -0.05) is 153 Å². The van der Waals surface area contributed by atoms with Crippen LogP contribution in [0.1, 0.15) is 79.0 Å². The molecule has 0 saturated heterocycles. The van der Waals surface area contributed by atoms with Gasteiger partial charge in [0, 0.05) is 33.8 Å². The SMILES string of the molecule is CC(C)(C)c1ccnc(-n2c3cc(Oc4cccc(-n5[c-][n+](-c6c(C(C)(C)C)cccc6C(C)(C)C)c6ccccc65)c4)ccc3c3ccc4c(nc5c6ccccc6c6ccccc6n45)c32)c1. The van der Waals surface area contributed by atoms with Crippen LogP contribution in [0.4, 0.5) is 0 Å². The summed E-state index contributed by atoms with van der Waals surface area (Å²) in [6, 6.07) is 56.1. The normalized spacial score (nSPS) is 12.8. The molecule has 334 valence electrons. The van der Waals surface area contributed by atoms with Crippen LogP contribution in [0.5, 0.6) is 11.5 Å². The number of hydrogen-bond acceptors (Lipinski definition) is 3. The molecule has 0 aliphatic rings. The number of benzene rings is 7. The highest BCUT2D eigenvalue weighted by Crippen LogP contribution is 2.42. The van der Waals surface area contributed by atoms with E-state index in [2.05, 4.69) is 238 Å². The van der Waals surface area contributed by atoms with Gasteiger partial charge in [-0.05, 0) is 99.0 Å². The molecule has 7 aromatic carbocycles. The predicted octanol–water partition coefficient (Wildman–Crippen LogP) is 15.0. The lowest BCUT2D eigenvalue weighted by atomic mass is 9.78. The van der Waals surface area contributed by atoms with E-state index in [9.17, 15) is 0 Å². The Balaban J connectivity index is 1.04. The lowest BCUT2D eigenvalue weighted by Crippen LogP contribution is -2.37. The number of hydrogen-bond donors (Lipinski definition) is 0. The predicted molar refractivity (Wildman–Crippen MR) is 280 cm³/mol. The van der Waals surface area contributed by atoms with Gasteiger partial charge in [-0.15, -0.1) is 0 Å². The summed E-state index contributed by atoms with van der Waals surface area (Å²) in [6.07, 6.45) is 5.75. The molecule has 0 saturated carbocycles. The zero-order chi connectivity index (χ0) is 46.9. The summed E-state index contributed by atoms with van der Waals surface area (Å²) in [7, 11) is 0. The number of pyridine rings is 2. The fourth-order valence-corrected chi connectivity index (χ4v) is 10.4. The Morgan fingerprint density at radius 2 is 1.16 bits per heavy atom. The first-order chi connectivity index (χ1) is 32.6. The third-order valence-corrected chi connectivity index (χ3v) is 13.7. The van der Waals surface area contributed by atoms with E-state index < -0.39 is 0 Å². The number of imidazole rings is 2. The summed E-state index contributed by atoms with van der Waals surface area (Å²) >= 11 is 0.